The number of sulfonamides is 1. The van der Waals surface area contributed by atoms with Gasteiger partial charge in [0.05, 0.1) is 11.9 Å². The summed E-state index contributed by atoms with van der Waals surface area (Å²) in [6.07, 6.45) is 5.93. The van der Waals surface area contributed by atoms with Gasteiger partial charge in [-0.2, -0.15) is 0 Å². The maximum Gasteiger partial charge on any atom is 0.243 e. The summed E-state index contributed by atoms with van der Waals surface area (Å²) in [7, 11) is -1.88. The number of carbonyl (C=O) groups is 1. The highest BCUT2D eigenvalue weighted by Crippen LogP contribution is 2.23. The number of likely N-dealkylation sites (N-methyl/N-ethyl adjacent to an activating group) is 1. The summed E-state index contributed by atoms with van der Waals surface area (Å²) in [5, 5.41) is 0. The van der Waals surface area contributed by atoms with E-state index in [9.17, 15) is 13.2 Å². The van der Waals surface area contributed by atoms with Gasteiger partial charge in [0, 0.05) is 26.0 Å². The molecule has 0 saturated carbocycles. The van der Waals surface area contributed by atoms with Crippen LogP contribution in [0.5, 0.6) is 0 Å². The highest BCUT2D eigenvalue weighted by Gasteiger charge is 2.24. The molecule has 140 valence electrons. The lowest BCUT2D eigenvalue weighted by atomic mass is 10.1. The number of pyridine rings is 1. The van der Waals surface area contributed by atoms with Crippen molar-refractivity contribution >= 4 is 21.6 Å². The number of aromatic nitrogens is 1. The summed E-state index contributed by atoms with van der Waals surface area (Å²) < 4.78 is 25.8. The molecule has 0 atom stereocenters. The SMILES string of the molecule is CCc1ccccc1N(CC(=O)N(C)CCc1ccncc1)S(C)(=O)=O. The second-order valence-corrected chi connectivity index (χ2v) is 8.08. The Hall–Kier alpha value is -2.41. The molecular weight excluding hydrogens is 350 g/mol. The molecule has 0 aliphatic carbocycles. The van der Waals surface area contributed by atoms with E-state index in [2.05, 4.69) is 4.98 Å². The first-order chi connectivity index (χ1) is 12.3. The maximum atomic E-state index is 12.6. The highest BCUT2D eigenvalue weighted by molar-refractivity contribution is 7.92. The largest absolute Gasteiger partial charge is 0.344 e. The van der Waals surface area contributed by atoms with Gasteiger partial charge in [-0.3, -0.25) is 14.1 Å². The fraction of sp³-hybridized carbons (Fsp3) is 0.368. The van der Waals surface area contributed by atoms with E-state index < -0.39 is 10.0 Å². The molecule has 0 bridgehead atoms. The van der Waals surface area contributed by atoms with Gasteiger partial charge in [0.25, 0.3) is 0 Å². The highest BCUT2D eigenvalue weighted by atomic mass is 32.2. The Bertz CT molecular complexity index is 838. The van der Waals surface area contributed by atoms with Crippen LogP contribution < -0.4 is 4.31 Å². The van der Waals surface area contributed by atoms with E-state index in [0.29, 0.717) is 25.1 Å². The number of carbonyl (C=O) groups excluding carboxylic acids is 1. The van der Waals surface area contributed by atoms with Crippen molar-refractivity contribution in [3.8, 4) is 0 Å². The number of para-hydroxylation sites is 1. The number of nitrogens with zero attached hydrogens (tertiary/aromatic N) is 3. The van der Waals surface area contributed by atoms with Gasteiger partial charge in [-0.05, 0) is 42.2 Å². The zero-order chi connectivity index (χ0) is 19.2. The fourth-order valence-electron chi connectivity index (χ4n) is 2.65. The van der Waals surface area contributed by atoms with E-state index in [4.69, 9.17) is 0 Å². The van der Waals surface area contributed by atoms with E-state index in [-0.39, 0.29) is 12.5 Å². The van der Waals surface area contributed by atoms with Gasteiger partial charge < -0.3 is 4.90 Å². The minimum atomic E-state index is -3.57. The van der Waals surface area contributed by atoms with Gasteiger partial charge >= 0.3 is 0 Å². The lowest BCUT2D eigenvalue weighted by Gasteiger charge is -2.26. The van der Waals surface area contributed by atoms with Crippen LogP contribution in [0, 0.1) is 0 Å². The molecule has 6 nitrogen and oxygen atoms in total. The van der Waals surface area contributed by atoms with E-state index in [1.807, 2.05) is 31.2 Å². The smallest absolute Gasteiger partial charge is 0.243 e. The predicted molar refractivity (Wildman–Crippen MR) is 104 cm³/mol. The third kappa shape index (κ3) is 5.29. The molecule has 0 N–H and O–H groups in total. The van der Waals surface area contributed by atoms with Gasteiger partial charge in [-0.25, -0.2) is 8.42 Å². The molecule has 2 aromatic rings. The van der Waals surface area contributed by atoms with Crippen LogP contribution in [0.15, 0.2) is 48.8 Å². The molecule has 1 heterocycles. The average Bonchev–Trinajstić information content (AvgIpc) is 2.63. The van der Waals surface area contributed by atoms with Crippen molar-refractivity contribution in [3.63, 3.8) is 0 Å². The summed E-state index contributed by atoms with van der Waals surface area (Å²) in [5.41, 5.74) is 2.54. The third-order valence-electron chi connectivity index (χ3n) is 4.23. The number of amides is 1. The van der Waals surface area contributed by atoms with Crippen LogP contribution >= 0.6 is 0 Å². The van der Waals surface area contributed by atoms with Gasteiger partial charge in [0.2, 0.25) is 15.9 Å². The van der Waals surface area contributed by atoms with Gasteiger partial charge in [-0.15, -0.1) is 0 Å². The zero-order valence-electron chi connectivity index (χ0n) is 15.4. The first kappa shape index (κ1) is 19.9. The number of aryl methyl sites for hydroxylation is 1. The standard InChI is InChI=1S/C19H25N3O3S/c1-4-17-7-5-6-8-18(17)22(26(3,24)25)15-19(23)21(2)14-11-16-9-12-20-13-10-16/h5-10,12-13H,4,11,14-15H2,1-3H3. The summed E-state index contributed by atoms with van der Waals surface area (Å²) >= 11 is 0. The molecule has 7 heteroatoms. The molecule has 1 aromatic heterocycles. The summed E-state index contributed by atoms with van der Waals surface area (Å²) in [5.74, 6) is -0.240. The lowest BCUT2D eigenvalue weighted by molar-refractivity contribution is -0.128. The predicted octanol–water partition coefficient (Wildman–Crippen LogP) is 2.11. The molecule has 0 unspecified atom stereocenters. The van der Waals surface area contributed by atoms with Crippen LogP contribution in [0.2, 0.25) is 0 Å². The number of anilines is 1. The Morgan fingerprint density at radius 3 is 2.38 bits per heavy atom. The first-order valence-corrected chi connectivity index (χ1v) is 10.4. The van der Waals surface area contributed by atoms with E-state index >= 15 is 0 Å². The number of hydrogen-bond donors (Lipinski definition) is 0. The second-order valence-electron chi connectivity index (χ2n) is 6.17. The number of rotatable bonds is 8. The molecule has 26 heavy (non-hydrogen) atoms. The lowest BCUT2D eigenvalue weighted by Crippen LogP contribution is -2.42. The summed E-state index contributed by atoms with van der Waals surface area (Å²) in [6.45, 7) is 2.26. The van der Waals surface area contributed by atoms with Crippen LogP contribution in [0.25, 0.3) is 0 Å². The molecule has 0 spiro atoms. The van der Waals surface area contributed by atoms with Crippen molar-refractivity contribution in [1.82, 2.24) is 9.88 Å². The van der Waals surface area contributed by atoms with Gasteiger partial charge in [-0.1, -0.05) is 25.1 Å². The van der Waals surface area contributed by atoms with Crippen LogP contribution in [-0.4, -0.2) is 50.6 Å². The van der Waals surface area contributed by atoms with Gasteiger partial charge in [0.1, 0.15) is 6.54 Å². The van der Waals surface area contributed by atoms with Crippen molar-refractivity contribution in [2.75, 3.05) is 30.7 Å². The van der Waals surface area contributed by atoms with Gasteiger partial charge in [0.15, 0.2) is 0 Å². The van der Waals surface area contributed by atoms with Crippen LogP contribution in [0.3, 0.4) is 0 Å². The van der Waals surface area contributed by atoms with Crippen molar-refractivity contribution in [2.24, 2.45) is 0 Å². The Morgan fingerprint density at radius 2 is 1.77 bits per heavy atom. The van der Waals surface area contributed by atoms with E-state index in [1.54, 1.807) is 36.5 Å². The molecule has 1 aromatic carbocycles. The van der Waals surface area contributed by atoms with E-state index in [1.165, 1.54) is 4.31 Å². The van der Waals surface area contributed by atoms with Crippen LogP contribution in [-0.2, 0) is 27.7 Å². The number of hydrogen-bond acceptors (Lipinski definition) is 4. The minimum Gasteiger partial charge on any atom is -0.344 e. The Balaban J connectivity index is 2.11. The fourth-order valence-corrected chi connectivity index (χ4v) is 3.53. The average molecular weight is 375 g/mol. The number of benzene rings is 1. The quantitative estimate of drug-likeness (QED) is 0.709. The Morgan fingerprint density at radius 1 is 1.12 bits per heavy atom. The maximum absolute atomic E-state index is 12.6. The Labute approximate surface area is 155 Å². The molecule has 0 fully saturated rings. The molecule has 0 aliphatic heterocycles. The van der Waals surface area contributed by atoms with E-state index in [0.717, 1.165) is 17.4 Å². The molecule has 0 saturated heterocycles. The normalized spacial score (nSPS) is 11.2. The van der Waals surface area contributed by atoms with Crippen LogP contribution in [0.1, 0.15) is 18.1 Å². The van der Waals surface area contributed by atoms with Crippen molar-refractivity contribution < 1.29 is 13.2 Å². The molecule has 0 radical (unpaired) electrons. The Kier molecular flexibility index (Phi) is 6.74. The molecule has 2 rings (SSSR count). The summed E-state index contributed by atoms with van der Waals surface area (Å²) in [6, 6.07) is 11.1. The third-order valence-corrected chi connectivity index (χ3v) is 5.36. The molecule has 0 aliphatic rings. The molecular formula is C19H25N3O3S. The molecule has 1 amide bonds. The van der Waals surface area contributed by atoms with Crippen molar-refractivity contribution in [1.29, 1.82) is 0 Å². The second kappa shape index (κ2) is 8.80. The summed E-state index contributed by atoms with van der Waals surface area (Å²) in [4.78, 5) is 18.1. The minimum absolute atomic E-state index is 0.206. The zero-order valence-corrected chi connectivity index (χ0v) is 16.2. The van der Waals surface area contributed by atoms with Crippen molar-refractivity contribution in [3.05, 3.63) is 59.9 Å². The first-order valence-electron chi connectivity index (χ1n) is 8.51. The topological polar surface area (TPSA) is 70.6 Å². The van der Waals surface area contributed by atoms with Crippen LogP contribution in [0.4, 0.5) is 5.69 Å². The monoisotopic (exact) mass is 375 g/mol. The van der Waals surface area contributed by atoms with Crippen molar-refractivity contribution in [2.45, 2.75) is 19.8 Å².